The molecule has 0 saturated carbocycles. The molecule has 108 valence electrons. The van der Waals surface area contributed by atoms with Crippen LogP contribution in [0.5, 0.6) is 0 Å². The fourth-order valence-corrected chi connectivity index (χ4v) is 2.62. The fourth-order valence-electron chi connectivity index (χ4n) is 2.23. The molecule has 1 N–H and O–H groups in total. The normalized spacial score (nSPS) is 12.7. The Labute approximate surface area is 127 Å². The highest BCUT2D eigenvalue weighted by Gasteiger charge is 2.12. The Morgan fingerprint density at radius 3 is 2.65 bits per heavy atom. The van der Waals surface area contributed by atoms with Crippen molar-refractivity contribution < 1.29 is 4.39 Å². The fraction of sp³-hybridized carbons (Fsp3) is 0.400. The molecule has 2 rings (SSSR count). The first-order valence-electron chi connectivity index (χ1n) is 6.57. The second-order valence-electron chi connectivity index (χ2n) is 5.05. The van der Waals surface area contributed by atoms with Crippen molar-refractivity contribution in [3.05, 3.63) is 51.0 Å². The number of hydrogen-bond acceptors (Lipinski definition) is 2. The van der Waals surface area contributed by atoms with Crippen LogP contribution < -0.4 is 5.32 Å². The van der Waals surface area contributed by atoms with Gasteiger partial charge in [-0.3, -0.25) is 4.68 Å². The highest BCUT2D eigenvalue weighted by Crippen LogP contribution is 2.22. The van der Waals surface area contributed by atoms with E-state index < -0.39 is 0 Å². The van der Waals surface area contributed by atoms with Gasteiger partial charge in [0.25, 0.3) is 0 Å². The average molecular weight is 340 g/mol. The Morgan fingerprint density at radius 1 is 1.40 bits per heavy atom. The molecule has 5 heteroatoms. The van der Waals surface area contributed by atoms with E-state index >= 15 is 0 Å². The standard InChI is InChI=1S/C15H19BrFN3/c1-9(12-5-6-15(17)14(16)7-12)18-8-13-10(2)19-20(4)11(13)3/h5-7,9,18H,8H2,1-4H3. The molecule has 0 aliphatic carbocycles. The van der Waals surface area contributed by atoms with Gasteiger partial charge in [0.1, 0.15) is 5.82 Å². The minimum atomic E-state index is -0.236. The van der Waals surface area contributed by atoms with Gasteiger partial charge in [-0.25, -0.2) is 4.39 Å². The van der Waals surface area contributed by atoms with Crippen molar-refractivity contribution in [1.82, 2.24) is 15.1 Å². The molecule has 0 amide bonds. The Kier molecular flexibility index (Phi) is 4.60. The van der Waals surface area contributed by atoms with E-state index in [0.717, 1.165) is 17.8 Å². The summed E-state index contributed by atoms with van der Waals surface area (Å²) in [5.74, 6) is -0.236. The van der Waals surface area contributed by atoms with E-state index in [4.69, 9.17) is 0 Å². The van der Waals surface area contributed by atoms with Crippen molar-refractivity contribution in [2.24, 2.45) is 7.05 Å². The van der Waals surface area contributed by atoms with Gasteiger partial charge in [-0.1, -0.05) is 6.07 Å². The lowest BCUT2D eigenvalue weighted by Gasteiger charge is -2.15. The van der Waals surface area contributed by atoms with Gasteiger partial charge in [0.15, 0.2) is 0 Å². The van der Waals surface area contributed by atoms with E-state index in [1.165, 1.54) is 17.3 Å². The van der Waals surface area contributed by atoms with Crippen molar-refractivity contribution >= 4 is 15.9 Å². The molecule has 0 bridgehead atoms. The van der Waals surface area contributed by atoms with Crippen LogP contribution in [0, 0.1) is 19.7 Å². The van der Waals surface area contributed by atoms with Gasteiger partial charge in [0.2, 0.25) is 0 Å². The molecule has 1 aromatic heterocycles. The molecule has 1 aromatic carbocycles. The zero-order chi connectivity index (χ0) is 14.9. The van der Waals surface area contributed by atoms with Gasteiger partial charge >= 0.3 is 0 Å². The van der Waals surface area contributed by atoms with Crippen molar-refractivity contribution in [2.75, 3.05) is 0 Å². The number of benzene rings is 1. The van der Waals surface area contributed by atoms with E-state index in [1.807, 2.05) is 24.7 Å². The zero-order valence-electron chi connectivity index (χ0n) is 12.2. The molecular formula is C15H19BrFN3. The van der Waals surface area contributed by atoms with Crippen LogP contribution in [-0.2, 0) is 13.6 Å². The number of halogens is 2. The lowest BCUT2D eigenvalue weighted by atomic mass is 10.1. The lowest BCUT2D eigenvalue weighted by molar-refractivity contribution is 0.567. The molecule has 1 heterocycles. The summed E-state index contributed by atoms with van der Waals surface area (Å²) in [6, 6.07) is 5.25. The van der Waals surface area contributed by atoms with E-state index in [0.29, 0.717) is 4.47 Å². The first-order chi connectivity index (χ1) is 9.40. The number of rotatable bonds is 4. The zero-order valence-corrected chi connectivity index (χ0v) is 13.8. The Bertz CT molecular complexity index is 622. The Balaban J connectivity index is 2.08. The molecule has 2 aromatic rings. The summed E-state index contributed by atoms with van der Waals surface area (Å²) < 4.78 is 15.6. The summed E-state index contributed by atoms with van der Waals surface area (Å²) in [4.78, 5) is 0. The molecule has 1 atom stereocenters. The minimum Gasteiger partial charge on any atom is -0.306 e. The van der Waals surface area contributed by atoms with Crippen LogP contribution in [0.4, 0.5) is 4.39 Å². The van der Waals surface area contributed by atoms with Gasteiger partial charge in [-0.05, 0) is 54.4 Å². The summed E-state index contributed by atoms with van der Waals surface area (Å²) in [5, 5.41) is 7.87. The van der Waals surface area contributed by atoms with Crippen molar-refractivity contribution in [3.63, 3.8) is 0 Å². The summed E-state index contributed by atoms with van der Waals surface area (Å²) in [7, 11) is 1.95. The second-order valence-corrected chi connectivity index (χ2v) is 5.90. The van der Waals surface area contributed by atoms with Crippen LogP contribution in [0.1, 0.15) is 35.5 Å². The maximum absolute atomic E-state index is 13.2. The molecular weight excluding hydrogens is 321 g/mol. The number of aryl methyl sites for hydroxylation is 2. The van der Waals surface area contributed by atoms with Crippen molar-refractivity contribution in [1.29, 1.82) is 0 Å². The molecule has 0 aliphatic heterocycles. The van der Waals surface area contributed by atoms with Crippen LogP contribution in [0.25, 0.3) is 0 Å². The topological polar surface area (TPSA) is 29.9 Å². The van der Waals surface area contributed by atoms with Gasteiger partial charge in [-0.2, -0.15) is 5.10 Å². The van der Waals surface area contributed by atoms with Crippen molar-refractivity contribution in [2.45, 2.75) is 33.4 Å². The number of nitrogens with zero attached hydrogens (tertiary/aromatic N) is 2. The van der Waals surface area contributed by atoms with Crippen LogP contribution in [0.15, 0.2) is 22.7 Å². The predicted octanol–water partition coefficient (Wildman–Crippen LogP) is 3.79. The molecule has 0 saturated heterocycles. The molecule has 0 spiro atoms. The molecule has 0 aliphatic rings. The number of nitrogens with one attached hydrogen (secondary N) is 1. The highest BCUT2D eigenvalue weighted by atomic mass is 79.9. The third-order valence-corrected chi connectivity index (χ3v) is 4.30. The number of hydrogen-bond donors (Lipinski definition) is 1. The summed E-state index contributed by atoms with van der Waals surface area (Å²) in [5.41, 5.74) is 4.49. The quantitative estimate of drug-likeness (QED) is 0.918. The van der Waals surface area contributed by atoms with E-state index in [1.54, 1.807) is 6.07 Å². The maximum Gasteiger partial charge on any atom is 0.137 e. The first kappa shape index (κ1) is 15.2. The van der Waals surface area contributed by atoms with Crippen LogP contribution in [0.3, 0.4) is 0 Å². The Hall–Kier alpha value is -1.20. The van der Waals surface area contributed by atoms with Gasteiger partial charge in [-0.15, -0.1) is 0 Å². The van der Waals surface area contributed by atoms with Crippen LogP contribution in [0.2, 0.25) is 0 Å². The van der Waals surface area contributed by atoms with Gasteiger partial charge < -0.3 is 5.32 Å². The average Bonchev–Trinajstić information content (AvgIpc) is 2.64. The van der Waals surface area contributed by atoms with Crippen LogP contribution >= 0.6 is 15.9 Å². The molecule has 20 heavy (non-hydrogen) atoms. The highest BCUT2D eigenvalue weighted by molar-refractivity contribution is 9.10. The second kappa shape index (κ2) is 6.06. The molecule has 3 nitrogen and oxygen atoms in total. The van der Waals surface area contributed by atoms with E-state index in [9.17, 15) is 4.39 Å². The molecule has 0 fully saturated rings. The smallest absolute Gasteiger partial charge is 0.137 e. The first-order valence-corrected chi connectivity index (χ1v) is 7.37. The van der Waals surface area contributed by atoms with E-state index in [-0.39, 0.29) is 11.9 Å². The van der Waals surface area contributed by atoms with Crippen molar-refractivity contribution in [3.8, 4) is 0 Å². The summed E-state index contributed by atoms with van der Waals surface area (Å²) in [6.45, 7) is 6.90. The predicted molar refractivity (Wildman–Crippen MR) is 82.0 cm³/mol. The Morgan fingerprint density at radius 2 is 2.10 bits per heavy atom. The summed E-state index contributed by atoms with van der Waals surface area (Å²) in [6.07, 6.45) is 0. The van der Waals surface area contributed by atoms with Gasteiger partial charge in [0.05, 0.1) is 10.2 Å². The lowest BCUT2D eigenvalue weighted by Crippen LogP contribution is -2.19. The number of aromatic nitrogens is 2. The monoisotopic (exact) mass is 339 g/mol. The SMILES string of the molecule is Cc1nn(C)c(C)c1CNC(C)c1ccc(F)c(Br)c1. The largest absolute Gasteiger partial charge is 0.306 e. The minimum absolute atomic E-state index is 0.144. The molecule has 1 unspecified atom stereocenters. The van der Waals surface area contributed by atoms with Gasteiger partial charge in [0, 0.05) is 30.9 Å². The summed E-state index contributed by atoms with van der Waals surface area (Å²) >= 11 is 3.22. The van der Waals surface area contributed by atoms with Crippen LogP contribution in [-0.4, -0.2) is 9.78 Å². The maximum atomic E-state index is 13.2. The third kappa shape index (κ3) is 3.10. The van der Waals surface area contributed by atoms with E-state index in [2.05, 4.69) is 40.2 Å². The third-order valence-electron chi connectivity index (χ3n) is 3.69. The molecule has 0 radical (unpaired) electrons.